The van der Waals surface area contributed by atoms with Gasteiger partial charge in [0.1, 0.15) is 5.69 Å². The van der Waals surface area contributed by atoms with Crippen molar-refractivity contribution in [2.45, 2.75) is 13.5 Å². The summed E-state index contributed by atoms with van der Waals surface area (Å²) in [5, 5.41) is 0. The van der Waals surface area contributed by atoms with E-state index in [4.69, 9.17) is 4.74 Å². The maximum Gasteiger partial charge on any atom is 0.244 e. The Morgan fingerprint density at radius 2 is 1.92 bits per heavy atom. The monoisotopic (exact) mass is 324 g/mol. The number of H-pyrrole nitrogens is 1. The van der Waals surface area contributed by atoms with Gasteiger partial charge in [0, 0.05) is 30.4 Å². The molecule has 0 saturated heterocycles. The van der Waals surface area contributed by atoms with E-state index in [2.05, 4.69) is 4.98 Å². The summed E-state index contributed by atoms with van der Waals surface area (Å²) >= 11 is 0. The van der Waals surface area contributed by atoms with E-state index in [0.29, 0.717) is 11.1 Å². The standard InChI is InChI=1S/C18H16N2O4/c1-11(21)20(13-6-4-3-5-7-13)10-12-9-19-17-16(12)14(22)8-15(24-2)18(17)23/h3-9,19H,10H2,1-2H3. The normalized spacial score (nSPS) is 13.3. The van der Waals surface area contributed by atoms with Crippen molar-refractivity contribution in [1.82, 2.24) is 4.98 Å². The molecule has 0 spiro atoms. The van der Waals surface area contributed by atoms with Crippen LogP contribution in [0, 0.1) is 0 Å². The number of nitrogens with one attached hydrogen (secondary N) is 1. The Kier molecular flexibility index (Phi) is 4.04. The summed E-state index contributed by atoms with van der Waals surface area (Å²) in [6.45, 7) is 1.66. The largest absolute Gasteiger partial charge is 0.492 e. The van der Waals surface area contributed by atoms with Crippen molar-refractivity contribution in [2.75, 3.05) is 12.0 Å². The van der Waals surface area contributed by atoms with Crippen LogP contribution in [-0.4, -0.2) is 29.6 Å². The Morgan fingerprint density at radius 3 is 2.54 bits per heavy atom. The maximum atomic E-state index is 12.3. The Labute approximate surface area is 138 Å². The molecule has 1 aliphatic carbocycles. The average Bonchev–Trinajstić information content (AvgIpc) is 3.01. The third-order valence-electron chi connectivity index (χ3n) is 3.92. The van der Waals surface area contributed by atoms with Gasteiger partial charge in [0.15, 0.2) is 11.5 Å². The fraction of sp³-hybridized carbons (Fsp3) is 0.167. The summed E-state index contributed by atoms with van der Waals surface area (Å²) in [6, 6.07) is 9.16. The number of para-hydroxylation sites is 1. The lowest BCUT2D eigenvalue weighted by atomic mass is 9.97. The second-order valence-electron chi connectivity index (χ2n) is 5.41. The lowest BCUT2D eigenvalue weighted by molar-refractivity contribution is -0.116. The van der Waals surface area contributed by atoms with E-state index in [1.54, 1.807) is 11.1 Å². The summed E-state index contributed by atoms with van der Waals surface area (Å²) in [5.41, 5.74) is 1.81. The molecule has 2 aromatic rings. The smallest absolute Gasteiger partial charge is 0.244 e. The summed E-state index contributed by atoms with van der Waals surface area (Å²) in [4.78, 5) is 41.0. The van der Waals surface area contributed by atoms with Crippen LogP contribution in [0.1, 0.15) is 33.3 Å². The molecule has 24 heavy (non-hydrogen) atoms. The van der Waals surface area contributed by atoms with E-state index in [1.807, 2.05) is 30.3 Å². The van der Waals surface area contributed by atoms with E-state index in [9.17, 15) is 14.4 Å². The molecule has 6 nitrogen and oxygen atoms in total. The molecule has 122 valence electrons. The minimum atomic E-state index is -0.368. The van der Waals surface area contributed by atoms with E-state index in [1.165, 1.54) is 20.1 Å². The van der Waals surface area contributed by atoms with E-state index in [0.717, 1.165) is 5.69 Å². The van der Waals surface area contributed by atoms with Gasteiger partial charge in [-0.1, -0.05) is 18.2 Å². The third-order valence-corrected chi connectivity index (χ3v) is 3.92. The number of anilines is 1. The number of hydrogen-bond donors (Lipinski definition) is 1. The third kappa shape index (κ3) is 2.62. The van der Waals surface area contributed by atoms with Gasteiger partial charge in [0.05, 0.1) is 19.2 Å². The Balaban J connectivity index is 1.98. The molecule has 0 saturated carbocycles. The molecule has 1 aromatic carbocycles. The van der Waals surface area contributed by atoms with Crippen LogP contribution in [0.2, 0.25) is 0 Å². The lowest BCUT2D eigenvalue weighted by Crippen LogP contribution is -2.28. The molecular formula is C18H16N2O4. The van der Waals surface area contributed by atoms with Crippen LogP contribution in [0.3, 0.4) is 0 Å². The van der Waals surface area contributed by atoms with Crippen molar-refractivity contribution >= 4 is 23.2 Å². The Bertz CT molecular complexity index is 849. The molecule has 0 fully saturated rings. The number of ether oxygens (including phenoxy) is 1. The first-order valence-electron chi connectivity index (χ1n) is 7.41. The highest BCUT2D eigenvalue weighted by atomic mass is 16.5. The average molecular weight is 324 g/mol. The number of methoxy groups -OCH3 is 1. The number of rotatable bonds is 4. The van der Waals surface area contributed by atoms with Crippen LogP contribution < -0.4 is 4.90 Å². The Hall–Kier alpha value is -3.15. The van der Waals surface area contributed by atoms with Gasteiger partial charge in [-0.2, -0.15) is 0 Å². The van der Waals surface area contributed by atoms with Crippen LogP contribution in [-0.2, 0) is 16.1 Å². The predicted molar refractivity (Wildman–Crippen MR) is 87.9 cm³/mol. The molecule has 0 unspecified atom stereocenters. The fourth-order valence-corrected chi connectivity index (χ4v) is 2.74. The van der Waals surface area contributed by atoms with Crippen LogP contribution in [0.5, 0.6) is 0 Å². The van der Waals surface area contributed by atoms with Gasteiger partial charge in [0.2, 0.25) is 11.7 Å². The Morgan fingerprint density at radius 1 is 1.21 bits per heavy atom. The van der Waals surface area contributed by atoms with Crippen LogP contribution in [0.15, 0.2) is 48.4 Å². The zero-order valence-corrected chi connectivity index (χ0v) is 13.3. The number of carbonyl (C=O) groups is 3. The molecular weight excluding hydrogens is 308 g/mol. The molecule has 1 aromatic heterocycles. The lowest BCUT2D eigenvalue weighted by Gasteiger charge is -2.21. The fourth-order valence-electron chi connectivity index (χ4n) is 2.74. The van der Waals surface area contributed by atoms with E-state index < -0.39 is 0 Å². The second-order valence-corrected chi connectivity index (χ2v) is 5.41. The molecule has 0 bridgehead atoms. The van der Waals surface area contributed by atoms with Crippen molar-refractivity contribution in [3.05, 3.63) is 65.2 Å². The van der Waals surface area contributed by atoms with Crippen molar-refractivity contribution in [2.24, 2.45) is 0 Å². The summed E-state index contributed by atoms with van der Waals surface area (Å²) in [7, 11) is 1.35. The van der Waals surface area contributed by atoms with Crippen molar-refractivity contribution < 1.29 is 19.1 Å². The number of Topliss-reactive ketones (excluding diaryl/α,β-unsaturated/α-hetero) is 1. The van der Waals surface area contributed by atoms with Crippen LogP contribution >= 0.6 is 0 Å². The van der Waals surface area contributed by atoms with Crippen molar-refractivity contribution in [1.29, 1.82) is 0 Å². The number of carbonyl (C=O) groups excluding carboxylic acids is 3. The SMILES string of the molecule is COC1=CC(=O)c2c(CN(C(C)=O)c3ccccc3)c[nH]c2C1=O. The van der Waals surface area contributed by atoms with Gasteiger partial charge in [-0.25, -0.2) is 0 Å². The minimum Gasteiger partial charge on any atom is -0.492 e. The molecule has 1 heterocycles. The van der Waals surface area contributed by atoms with Crippen LogP contribution in [0.25, 0.3) is 0 Å². The maximum absolute atomic E-state index is 12.3. The second kappa shape index (κ2) is 6.16. The summed E-state index contributed by atoms with van der Waals surface area (Å²) in [5.74, 6) is -0.826. The van der Waals surface area contributed by atoms with Crippen molar-refractivity contribution in [3.8, 4) is 0 Å². The number of fused-ring (bicyclic) bond motifs is 1. The minimum absolute atomic E-state index is 0.00684. The highest BCUT2D eigenvalue weighted by Gasteiger charge is 2.31. The number of benzene rings is 1. The number of aromatic amines is 1. The number of amides is 1. The quantitative estimate of drug-likeness (QED) is 0.937. The molecule has 0 radical (unpaired) electrons. The highest BCUT2D eigenvalue weighted by molar-refractivity contribution is 6.23. The number of aromatic nitrogens is 1. The first-order valence-corrected chi connectivity index (χ1v) is 7.41. The summed E-state index contributed by atoms with van der Waals surface area (Å²) in [6.07, 6.45) is 2.77. The van der Waals surface area contributed by atoms with E-state index >= 15 is 0 Å². The number of hydrogen-bond acceptors (Lipinski definition) is 4. The molecule has 1 N–H and O–H groups in total. The van der Waals surface area contributed by atoms with Gasteiger partial charge in [-0.05, 0) is 12.1 Å². The molecule has 1 aliphatic rings. The molecule has 0 atom stereocenters. The van der Waals surface area contributed by atoms with Gasteiger partial charge < -0.3 is 14.6 Å². The number of nitrogens with zero attached hydrogens (tertiary/aromatic N) is 1. The molecule has 0 aliphatic heterocycles. The summed E-state index contributed by atoms with van der Waals surface area (Å²) < 4.78 is 4.93. The zero-order valence-electron chi connectivity index (χ0n) is 13.3. The number of allylic oxidation sites excluding steroid dienone is 2. The number of ketones is 2. The molecule has 1 amide bonds. The molecule has 3 rings (SSSR count). The highest BCUT2D eigenvalue weighted by Crippen LogP contribution is 2.26. The van der Waals surface area contributed by atoms with Gasteiger partial charge in [0.25, 0.3) is 0 Å². The van der Waals surface area contributed by atoms with Crippen molar-refractivity contribution in [3.63, 3.8) is 0 Å². The zero-order chi connectivity index (χ0) is 17.3. The topological polar surface area (TPSA) is 79.5 Å². The van der Waals surface area contributed by atoms with Gasteiger partial charge >= 0.3 is 0 Å². The first-order chi connectivity index (χ1) is 11.5. The van der Waals surface area contributed by atoms with Gasteiger partial charge in [-0.15, -0.1) is 0 Å². The van der Waals surface area contributed by atoms with Crippen LogP contribution in [0.4, 0.5) is 5.69 Å². The van der Waals surface area contributed by atoms with E-state index in [-0.39, 0.29) is 35.5 Å². The van der Waals surface area contributed by atoms with Gasteiger partial charge in [-0.3, -0.25) is 14.4 Å². The predicted octanol–water partition coefficient (Wildman–Crippen LogP) is 2.48. The molecule has 6 heteroatoms. The first kappa shape index (κ1) is 15.7.